The average Bonchev–Trinajstić information content (AvgIpc) is 2.95. The first-order valence-corrected chi connectivity index (χ1v) is 9.18. The van der Waals surface area contributed by atoms with Gasteiger partial charge in [-0.3, -0.25) is 19.7 Å². The van der Waals surface area contributed by atoms with Gasteiger partial charge in [0.25, 0.3) is 5.91 Å². The number of carbonyl (C=O) groups is 3. The molecule has 3 amide bonds. The van der Waals surface area contributed by atoms with Crippen LogP contribution in [-0.2, 0) is 14.4 Å². The Morgan fingerprint density at radius 1 is 1.30 bits per heavy atom. The molecule has 2 heterocycles. The van der Waals surface area contributed by atoms with E-state index >= 15 is 0 Å². The summed E-state index contributed by atoms with van der Waals surface area (Å²) in [5.41, 5.74) is 4.64. The Balaban J connectivity index is 1.75. The molecule has 2 fully saturated rings. The van der Waals surface area contributed by atoms with E-state index in [0.717, 1.165) is 19.3 Å². The molecular weight excluding hydrogens is 338 g/mol. The molecule has 23 heavy (non-hydrogen) atoms. The van der Waals surface area contributed by atoms with Gasteiger partial charge in [-0.25, -0.2) is 0 Å². The van der Waals surface area contributed by atoms with Crippen molar-refractivity contribution in [3.63, 3.8) is 0 Å². The molecule has 0 atom stereocenters. The highest BCUT2D eigenvalue weighted by Crippen LogP contribution is 2.36. The third kappa shape index (κ3) is 3.18. The van der Waals surface area contributed by atoms with Crippen LogP contribution in [0.25, 0.3) is 0 Å². The van der Waals surface area contributed by atoms with Crippen LogP contribution in [-0.4, -0.2) is 50.7 Å². The summed E-state index contributed by atoms with van der Waals surface area (Å²) in [5.74, 6) is -0.887. The van der Waals surface area contributed by atoms with Crippen LogP contribution in [0.3, 0.4) is 0 Å². The van der Waals surface area contributed by atoms with Gasteiger partial charge in [0.05, 0.1) is 5.75 Å². The average molecular weight is 355 g/mol. The van der Waals surface area contributed by atoms with Gasteiger partial charge in [-0.05, 0) is 12.8 Å². The quantitative estimate of drug-likeness (QED) is 0.595. The number of thioether (sulfide) groups is 1. The maximum atomic E-state index is 12.6. The Kier molecular flexibility index (Phi) is 4.53. The molecular formula is C13H17N5O3S2. The number of hydrogen-bond donors (Lipinski definition) is 2. The number of carbonyl (C=O) groups excluding carboxylic acids is 3. The van der Waals surface area contributed by atoms with E-state index in [1.807, 2.05) is 0 Å². The zero-order valence-electron chi connectivity index (χ0n) is 12.4. The van der Waals surface area contributed by atoms with Gasteiger partial charge in [0.2, 0.25) is 16.9 Å². The molecule has 1 saturated heterocycles. The zero-order valence-corrected chi connectivity index (χ0v) is 14.0. The highest BCUT2D eigenvalue weighted by molar-refractivity contribution is 8.01. The fourth-order valence-electron chi connectivity index (χ4n) is 3.14. The lowest BCUT2D eigenvalue weighted by atomic mass is 9.78. The Labute approximate surface area is 141 Å². The highest BCUT2D eigenvalue weighted by atomic mass is 32.2. The molecule has 0 aromatic carbocycles. The normalized spacial score (nSPS) is 20.6. The predicted octanol–water partition coefficient (Wildman–Crippen LogP) is 0.400. The number of piperazine rings is 1. The van der Waals surface area contributed by atoms with Crippen LogP contribution in [0.1, 0.15) is 32.1 Å². The second kappa shape index (κ2) is 6.44. The molecule has 1 aromatic rings. The van der Waals surface area contributed by atoms with Crippen molar-refractivity contribution in [2.75, 3.05) is 18.0 Å². The summed E-state index contributed by atoms with van der Waals surface area (Å²) in [6.07, 6.45) is 4.02. The van der Waals surface area contributed by atoms with Crippen molar-refractivity contribution in [3.05, 3.63) is 0 Å². The van der Waals surface area contributed by atoms with Gasteiger partial charge >= 0.3 is 0 Å². The van der Waals surface area contributed by atoms with Gasteiger partial charge in [-0.1, -0.05) is 42.4 Å². The summed E-state index contributed by atoms with van der Waals surface area (Å²) in [7, 11) is 0. The first-order chi connectivity index (χ1) is 11.0. The van der Waals surface area contributed by atoms with Gasteiger partial charge in [0.1, 0.15) is 12.1 Å². The van der Waals surface area contributed by atoms with Crippen LogP contribution >= 0.6 is 23.1 Å². The van der Waals surface area contributed by atoms with Gasteiger partial charge in [0.15, 0.2) is 4.34 Å². The minimum atomic E-state index is -0.871. The molecule has 3 N–H and O–H groups in total. The minimum Gasteiger partial charge on any atom is -0.374 e. The fourth-order valence-corrected chi connectivity index (χ4v) is 4.65. The summed E-state index contributed by atoms with van der Waals surface area (Å²) in [4.78, 5) is 38.2. The van der Waals surface area contributed by atoms with Crippen LogP contribution in [0.5, 0.6) is 0 Å². The lowest BCUT2D eigenvalue weighted by Crippen LogP contribution is -2.69. The Morgan fingerprint density at radius 3 is 2.70 bits per heavy atom. The van der Waals surface area contributed by atoms with Crippen LogP contribution < -0.4 is 11.1 Å². The van der Waals surface area contributed by atoms with Crippen LogP contribution in [0.2, 0.25) is 0 Å². The molecule has 1 aliphatic carbocycles. The van der Waals surface area contributed by atoms with Crippen molar-refractivity contribution in [3.8, 4) is 0 Å². The van der Waals surface area contributed by atoms with E-state index in [-0.39, 0.29) is 24.1 Å². The van der Waals surface area contributed by atoms with Gasteiger partial charge in [-0.2, -0.15) is 0 Å². The van der Waals surface area contributed by atoms with E-state index in [1.165, 1.54) is 28.0 Å². The molecule has 8 nitrogen and oxygen atoms in total. The molecule has 10 heteroatoms. The van der Waals surface area contributed by atoms with E-state index in [0.29, 0.717) is 22.3 Å². The number of rotatable bonds is 3. The molecule has 0 unspecified atom stereocenters. The van der Waals surface area contributed by atoms with Gasteiger partial charge in [0, 0.05) is 0 Å². The first-order valence-electron chi connectivity index (χ1n) is 7.38. The standard InChI is InChI=1S/C13H17N5O3S2/c14-11-16-17-12(23-11)22-7-9(20)18-6-8(19)15-10(21)13(18)4-2-1-3-5-13/h1-7H2,(H2,14,16)(H,15,19,21). The van der Waals surface area contributed by atoms with E-state index in [2.05, 4.69) is 15.5 Å². The van der Waals surface area contributed by atoms with E-state index in [9.17, 15) is 14.4 Å². The summed E-state index contributed by atoms with van der Waals surface area (Å²) >= 11 is 2.43. The number of amides is 3. The molecule has 1 aliphatic heterocycles. The number of hydrogen-bond acceptors (Lipinski definition) is 8. The summed E-state index contributed by atoms with van der Waals surface area (Å²) < 4.78 is 0.598. The van der Waals surface area contributed by atoms with Crippen molar-refractivity contribution in [1.82, 2.24) is 20.4 Å². The molecule has 1 spiro atoms. The van der Waals surface area contributed by atoms with Gasteiger partial charge in [-0.15, -0.1) is 10.2 Å². The van der Waals surface area contributed by atoms with Crippen molar-refractivity contribution in [2.45, 2.75) is 42.0 Å². The zero-order chi connectivity index (χ0) is 16.4. The van der Waals surface area contributed by atoms with Crippen LogP contribution in [0.4, 0.5) is 5.13 Å². The van der Waals surface area contributed by atoms with E-state index in [1.54, 1.807) is 0 Å². The molecule has 124 valence electrons. The Bertz CT molecular complexity index is 641. The molecule has 2 aliphatic rings. The largest absolute Gasteiger partial charge is 0.374 e. The Hall–Kier alpha value is -1.68. The van der Waals surface area contributed by atoms with Crippen LogP contribution in [0, 0.1) is 0 Å². The molecule has 3 rings (SSSR count). The summed E-state index contributed by atoms with van der Waals surface area (Å²) in [6.45, 7) is -0.0661. The molecule has 0 bridgehead atoms. The third-order valence-electron chi connectivity index (χ3n) is 4.22. The topological polar surface area (TPSA) is 118 Å². The summed E-state index contributed by atoms with van der Waals surface area (Å²) in [5, 5.41) is 10.3. The number of imide groups is 1. The van der Waals surface area contributed by atoms with Crippen LogP contribution in [0.15, 0.2) is 4.34 Å². The van der Waals surface area contributed by atoms with Gasteiger partial charge < -0.3 is 10.6 Å². The van der Waals surface area contributed by atoms with Crippen molar-refractivity contribution < 1.29 is 14.4 Å². The smallest absolute Gasteiger partial charge is 0.252 e. The monoisotopic (exact) mass is 355 g/mol. The maximum Gasteiger partial charge on any atom is 0.252 e. The summed E-state index contributed by atoms with van der Waals surface area (Å²) in [6, 6.07) is 0. The van der Waals surface area contributed by atoms with E-state index in [4.69, 9.17) is 5.73 Å². The van der Waals surface area contributed by atoms with E-state index < -0.39 is 11.4 Å². The predicted molar refractivity (Wildman–Crippen MR) is 85.7 cm³/mol. The molecule has 1 aromatic heterocycles. The Morgan fingerprint density at radius 2 is 2.04 bits per heavy atom. The third-order valence-corrected chi connectivity index (χ3v) is 6.09. The maximum absolute atomic E-state index is 12.6. The SMILES string of the molecule is Nc1nnc(SCC(=O)N2CC(=O)NC(=O)C23CCCCC3)s1. The van der Waals surface area contributed by atoms with Crippen molar-refractivity contribution in [1.29, 1.82) is 0 Å². The first kappa shape index (κ1) is 16.2. The second-order valence-electron chi connectivity index (χ2n) is 5.64. The van der Waals surface area contributed by atoms with Crippen molar-refractivity contribution >= 4 is 46.0 Å². The number of nitrogens with one attached hydrogen (secondary N) is 1. The number of nitrogens with two attached hydrogens (primary N) is 1. The number of aromatic nitrogens is 2. The number of nitrogens with zero attached hydrogens (tertiary/aromatic N) is 3. The lowest BCUT2D eigenvalue weighted by molar-refractivity contribution is -0.158. The molecule has 0 radical (unpaired) electrons. The number of nitrogen functional groups attached to an aromatic ring is 1. The number of anilines is 1. The second-order valence-corrected chi connectivity index (χ2v) is 7.88. The minimum absolute atomic E-state index is 0.0661. The lowest BCUT2D eigenvalue weighted by Gasteiger charge is -2.47. The van der Waals surface area contributed by atoms with Crippen molar-refractivity contribution in [2.24, 2.45) is 0 Å². The molecule has 1 saturated carbocycles. The fraction of sp³-hybridized carbons (Fsp3) is 0.615. The highest BCUT2D eigenvalue weighted by Gasteiger charge is 2.50.